The zero-order chi connectivity index (χ0) is 19.4. The number of nitrogens with one attached hydrogen (secondary N) is 1. The minimum Gasteiger partial charge on any atom is -0.381 e. The summed E-state index contributed by atoms with van der Waals surface area (Å²) in [5, 5.41) is 2.79. The molecule has 1 aromatic carbocycles. The smallest absolute Gasteiger partial charge is 0.237 e. The molecular formula is C19H25F2N3O3. The van der Waals surface area contributed by atoms with E-state index in [4.69, 9.17) is 4.74 Å². The third kappa shape index (κ3) is 4.81. The standard InChI is InChI=1S/C19H25F2N3O3/c1-23(14-4-8-27-9-5-14)18(25)11-17-19(26)22-6-7-24(17)12-13-2-3-15(20)16(21)10-13/h2-3,10,14,17H,4-9,11-12H2,1H3,(H,22,26)/t17-/m0/s1. The van der Waals surface area contributed by atoms with Gasteiger partial charge in [0.15, 0.2) is 11.6 Å². The number of carbonyl (C=O) groups excluding carboxylic acids is 2. The van der Waals surface area contributed by atoms with Gasteiger partial charge in [-0.3, -0.25) is 14.5 Å². The van der Waals surface area contributed by atoms with Gasteiger partial charge in [-0.05, 0) is 30.5 Å². The molecule has 2 fully saturated rings. The van der Waals surface area contributed by atoms with Crippen molar-refractivity contribution < 1.29 is 23.1 Å². The van der Waals surface area contributed by atoms with Crippen LogP contribution in [0.3, 0.4) is 0 Å². The van der Waals surface area contributed by atoms with Gasteiger partial charge in [-0.2, -0.15) is 0 Å². The van der Waals surface area contributed by atoms with Gasteiger partial charge in [-0.15, -0.1) is 0 Å². The number of benzene rings is 1. The topological polar surface area (TPSA) is 61.9 Å². The zero-order valence-electron chi connectivity index (χ0n) is 15.4. The zero-order valence-corrected chi connectivity index (χ0v) is 15.4. The van der Waals surface area contributed by atoms with Gasteiger partial charge >= 0.3 is 0 Å². The third-order valence-corrected chi connectivity index (χ3v) is 5.31. The van der Waals surface area contributed by atoms with Crippen molar-refractivity contribution in [2.75, 3.05) is 33.4 Å². The van der Waals surface area contributed by atoms with E-state index < -0.39 is 17.7 Å². The molecule has 2 heterocycles. The lowest BCUT2D eigenvalue weighted by Crippen LogP contribution is -2.56. The number of halogens is 2. The third-order valence-electron chi connectivity index (χ3n) is 5.31. The van der Waals surface area contributed by atoms with Crippen LogP contribution in [-0.2, 0) is 20.9 Å². The number of rotatable bonds is 5. The number of carbonyl (C=O) groups is 2. The Morgan fingerprint density at radius 1 is 1.30 bits per heavy atom. The van der Waals surface area contributed by atoms with Gasteiger partial charge in [-0.25, -0.2) is 8.78 Å². The number of piperazine rings is 1. The molecule has 0 bridgehead atoms. The lowest BCUT2D eigenvalue weighted by Gasteiger charge is -2.37. The minimum atomic E-state index is -0.916. The maximum atomic E-state index is 13.5. The Balaban J connectivity index is 1.67. The second-order valence-electron chi connectivity index (χ2n) is 7.08. The first-order valence-electron chi connectivity index (χ1n) is 9.25. The van der Waals surface area contributed by atoms with Crippen LogP contribution in [0.2, 0.25) is 0 Å². The lowest BCUT2D eigenvalue weighted by molar-refractivity contribution is -0.140. The van der Waals surface area contributed by atoms with E-state index >= 15 is 0 Å². The summed E-state index contributed by atoms with van der Waals surface area (Å²) in [5.41, 5.74) is 0.568. The molecule has 148 valence electrons. The summed E-state index contributed by atoms with van der Waals surface area (Å²) in [6.45, 7) is 2.55. The largest absolute Gasteiger partial charge is 0.381 e. The molecule has 8 heteroatoms. The van der Waals surface area contributed by atoms with Gasteiger partial charge in [0, 0.05) is 45.9 Å². The molecular weight excluding hydrogens is 356 g/mol. The van der Waals surface area contributed by atoms with Gasteiger partial charge in [0.25, 0.3) is 0 Å². The summed E-state index contributed by atoms with van der Waals surface area (Å²) < 4.78 is 32.0. The maximum Gasteiger partial charge on any atom is 0.237 e. The van der Waals surface area contributed by atoms with E-state index in [0.29, 0.717) is 31.9 Å². The van der Waals surface area contributed by atoms with Crippen LogP contribution in [0.25, 0.3) is 0 Å². The molecule has 0 aromatic heterocycles. The van der Waals surface area contributed by atoms with Crippen molar-refractivity contribution in [3.8, 4) is 0 Å². The van der Waals surface area contributed by atoms with Crippen molar-refractivity contribution in [1.82, 2.24) is 15.1 Å². The average molecular weight is 381 g/mol. The Morgan fingerprint density at radius 2 is 2.04 bits per heavy atom. The van der Waals surface area contributed by atoms with E-state index in [0.717, 1.165) is 25.0 Å². The Bertz CT molecular complexity index is 695. The van der Waals surface area contributed by atoms with Crippen molar-refractivity contribution in [3.63, 3.8) is 0 Å². The highest BCUT2D eigenvalue weighted by atomic mass is 19.2. The second-order valence-corrected chi connectivity index (χ2v) is 7.08. The summed E-state index contributed by atoms with van der Waals surface area (Å²) in [4.78, 5) is 28.7. The summed E-state index contributed by atoms with van der Waals surface area (Å²) >= 11 is 0. The van der Waals surface area contributed by atoms with Crippen molar-refractivity contribution in [3.05, 3.63) is 35.4 Å². The van der Waals surface area contributed by atoms with Crippen LogP contribution in [0.1, 0.15) is 24.8 Å². The Labute approximate surface area is 157 Å². The second kappa shape index (κ2) is 8.75. The van der Waals surface area contributed by atoms with Crippen molar-refractivity contribution in [1.29, 1.82) is 0 Å². The maximum absolute atomic E-state index is 13.5. The van der Waals surface area contributed by atoms with Crippen LogP contribution in [-0.4, -0.2) is 67.0 Å². The molecule has 2 saturated heterocycles. The monoisotopic (exact) mass is 381 g/mol. The number of hydrogen-bond acceptors (Lipinski definition) is 4. The SMILES string of the molecule is CN(C(=O)C[C@H]1C(=O)NCCN1Cc1ccc(F)c(F)c1)C1CCOCC1. The first-order valence-corrected chi connectivity index (χ1v) is 9.25. The minimum absolute atomic E-state index is 0.0589. The van der Waals surface area contributed by atoms with Gasteiger partial charge in [-0.1, -0.05) is 6.07 Å². The number of amides is 2. The number of ether oxygens (including phenoxy) is 1. The molecule has 0 spiro atoms. The van der Waals surface area contributed by atoms with Crippen molar-refractivity contribution >= 4 is 11.8 Å². The van der Waals surface area contributed by atoms with Crippen LogP contribution in [0.5, 0.6) is 0 Å². The van der Waals surface area contributed by atoms with E-state index in [1.165, 1.54) is 6.07 Å². The highest BCUT2D eigenvalue weighted by Gasteiger charge is 2.34. The summed E-state index contributed by atoms with van der Waals surface area (Å²) in [7, 11) is 1.76. The molecule has 0 unspecified atom stereocenters. The fraction of sp³-hybridized carbons (Fsp3) is 0.579. The van der Waals surface area contributed by atoms with E-state index in [2.05, 4.69) is 5.32 Å². The molecule has 6 nitrogen and oxygen atoms in total. The van der Waals surface area contributed by atoms with Crippen LogP contribution in [0.4, 0.5) is 8.78 Å². The van der Waals surface area contributed by atoms with E-state index in [1.54, 1.807) is 11.9 Å². The predicted molar refractivity (Wildman–Crippen MR) is 94.8 cm³/mol. The highest BCUT2D eigenvalue weighted by molar-refractivity contribution is 5.88. The van der Waals surface area contributed by atoms with Crippen LogP contribution >= 0.6 is 0 Å². The van der Waals surface area contributed by atoms with E-state index in [9.17, 15) is 18.4 Å². The van der Waals surface area contributed by atoms with E-state index in [-0.39, 0.29) is 30.8 Å². The molecule has 1 N–H and O–H groups in total. The van der Waals surface area contributed by atoms with Gasteiger partial charge in [0.2, 0.25) is 11.8 Å². The van der Waals surface area contributed by atoms with E-state index in [1.807, 2.05) is 4.90 Å². The number of hydrogen-bond donors (Lipinski definition) is 1. The molecule has 2 aliphatic rings. The first-order chi connectivity index (χ1) is 13.0. The molecule has 0 aliphatic carbocycles. The Morgan fingerprint density at radius 3 is 2.74 bits per heavy atom. The van der Waals surface area contributed by atoms with Crippen molar-refractivity contribution in [2.45, 2.75) is 37.9 Å². The highest BCUT2D eigenvalue weighted by Crippen LogP contribution is 2.19. The molecule has 0 saturated carbocycles. The molecule has 2 amide bonds. The quantitative estimate of drug-likeness (QED) is 0.835. The van der Waals surface area contributed by atoms with Gasteiger partial charge < -0.3 is 15.0 Å². The molecule has 27 heavy (non-hydrogen) atoms. The molecule has 3 rings (SSSR count). The van der Waals surface area contributed by atoms with Crippen LogP contribution in [0.15, 0.2) is 18.2 Å². The average Bonchev–Trinajstić information content (AvgIpc) is 2.67. The molecule has 1 atom stereocenters. The van der Waals surface area contributed by atoms with Gasteiger partial charge in [0.1, 0.15) is 0 Å². The lowest BCUT2D eigenvalue weighted by atomic mass is 10.0. The Hall–Kier alpha value is -2.06. The summed E-state index contributed by atoms with van der Waals surface area (Å²) in [6.07, 6.45) is 1.64. The predicted octanol–water partition coefficient (Wildman–Crippen LogP) is 1.29. The first kappa shape index (κ1) is 19.7. The normalized spacial score (nSPS) is 21.7. The van der Waals surface area contributed by atoms with Crippen molar-refractivity contribution in [2.24, 2.45) is 0 Å². The fourth-order valence-corrected chi connectivity index (χ4v) is 3.63. The Kier molecular flexibility index (Phi) is 6.38. The summed E-state index contributed by atoms with van der Waals surface area (Å²) in [5.74, 6) is -2.13. The summed E-state index contributed by atoms with van der Waals surface area (Å²) in [6, 6.07) is 3.21. The molecule has 2 aliphatic heterocycles. The molecule has 0 radical (unpaired) electrons. The van der Waals surface area contributed by atoms with Crippen LogP contribution in [0, 0.1) is 11.6 Å². The molecule has 1 aromatic rings. The fourth-order valence-electron chi connectivity index (χ4n) is 3.63. The number of nitrogens with zero attached hydrogens (tertiary/aromatic N) is 2. The van der Waals surface area contributed by atoms with Crippen LogP contribution < -0.4 is 5.32 Å². The van der Waals surface area contributed by atoms with Gasteiger partial charge in [0.05, 0.1) is 12.5 Å².